The van der Waals surface area contributed by atoms with Crippen LogP contribution in [-0.2, 0) is 0 Å². The van der Waals surface area contributed by atoms with Gasteiger partial charge in [0, 0.05) is 16.2 Å². The molecule has 6 heteroatoms. The van der Waals surface area contributed by atoms with Crippen LogP contribution in [0.3, 0.4) is 0 Å². The zero-order valence-electron chi connectivity index (χ0n) is 13.1. The van der Waals surface area contributed by atoms with Gasteiger partial charge in [-0.15, -0.1) is 0 Å². The number of hydrogen-bond acceptors (Lipinski definition) is 4. The Morgan fingerprint density at radius 3 is 2.59 bits per heavy atom. The minimum Gasteiger partial charge on any atom is -0.350 e. The van der Waals surface area contributed by atoms with E-state index in [2.05, 4.69) is 36.5 Å². The number of nitrogens with one attached hydrogen (secondary N) is 2. The van der Waals surface area contributed by atoms with Gasteiger partial charge in [-0.2, -0.15) is 0 Å². The molecule has 2 N–H and O–H groups in total. The predicted octanol–water partition coefficient (Wildman–Crippen LogP) is 4.01. The van der Waals surface area contributed by atoms with Crippen molar-refractivity contribution in [2.45, 2.75) is 33.2 Å². The van der Waals surface area contributed by atoms with Crippen LogP contribution < -0.4 is 10.6 Å². The van der Waals surface area contributed by atoms with Crippen LogP contribution in [0.5, 0.6) is 0 Å². The standard InChI is InChI=1S/C16H19BrN4O/c1-10-5-6-12(11(17)9-10)19-14(22)13-7-8-18-15(20-13)21-16(2,3)4/h5-9H,1-4H3,(H,19,22)(H,18,20,21). The molecule has 0 fully saturated rings. The lowest BCUT2D eigenvalue weighted by atomic mass is 10.1. The SMILES string of the molecule is Cc1ccc(NC(=O)c2ccnc(NC(C)(C)C)n2)c(Br)c1. The van der Waals surface area contributed by atoms with Crippen molar-refractivity contribution in [2.24, 2.45) is 0 Å². The fourth-order valence-corrected chi connectivity index (χ4v) is 2.38. The van der Waals surface area contributed by atoms with Crippen LogP contribution in [0.2, 0.25) is 0 Å². The average molecular weight is 363 g/mol. The van der Waals surface area contributed by atoms with Crippen LogP contribution >= 0.6 is 15.9 Å². The Labute approximate surface area is 138 Å². The molecule has 0 spiro atoms. The topological polar surface area (TPSA) is 66.9 Å². The lowest BCUT2D eigenvalue weighted by molar-refractivity contribution is 0.102. The first kappa shape index (κ1) is 16.4. The van der Waals surface area contributed by atoms with Gasteiger partial charge in [-0.1, -0.05) is 6.07 Å². The van der Waals surface area contributed by atoms with E-state index in [9.17, 15) is 4.79 Å². The monoisotopic (exact) mass is 362 g/mol. The van der Waals surface area contributed by atoms with Gasteiger partial charge in [0.1, 0.15) is 5.69 Å². The van der Waals surface area contributed by atoms with E-state index in [-0.39, 0.29) is 11.4 Å². The zero-order valence-corrected chi connectivity index (χ0v) is 14.7. The van der Waals surface area contributed by atoms with Crippen LogP contribution in [0.15, 0.2) is 34.9 Å². The van der Waals surface area contributed by atoms with Gasteiger partial charge in [-0.3, -0.25) is 4.79 Å². The molecule has 2 aromatic rings. The second-order valence-corrected chi connectivity index (χ2v) is 6.93. The molecular weight excluding hydrogens is 344 g/mol. The molecule has 0 atom stereocenters. The number of aryl methyl sites for hydroxylation is 1. The number of aromatic nitrogens is 2. The van der Waals surface area contributed by atoms with Gasteiger partial charge in [-0.05, 0) is 67.4 Å². The molecule has 1 aromatic carbocycles. The summed E-state index contributed by atoms with van der Waals surface area (Å²) in [5.74, 6) is 0.159. The first-order valence-corrected chi connectivity index (χ1v) is 7.73. The van der Waals surface area contributed by atoms with Crippen molar-refractivity contribution < 1.29 is 4.79 Å². The van der Waals surface area contributed by atoms with Crippen LogP contribution in [0, 0.1) is 6.92 Å². The van der Waals surface area contributed by atoms with E-state index in [4.69, 9.17) is 0 Å². The van der Waals surface area contributed by atoms with Crippen LogP contribution in [-0.4, -0.2) is 21.4 Å². The van der Waals surface area contributed by atoms with Crippen LogP contribution in [0.25, 0.3) is 0 Å². The molecule has 22 heavy (non-hydrogen) atoms. The van der Waals surface area contributed by atoms with E-state index < -0.39 is 0 Å². The molecule has 0 aliphatic carbocycles. The third-order valence-electron chi connectivity index (χ3n) is 2.75. The predicted molar refractivity (Wildman–Crippen MR) is 92.2 cm³/mol. The van der Waals surface area contributed by atoms with E-state index in [1.807, 2.05) is 45.9 Å². The molecule has 0 saturated heterocycles. The van der Waals surface area contributed by atoms with Gasteiger partial charge in [0.2, 0.25) is 5.95 Å². The smallest absolute Gasteiger partial charge is 0.274 e. The summed E-state index contributed by atoms with van der Waals surface area (Å²) in [6, 6.07) is 7.33. The van der Waals surface area contributed by atoms with Gasteiger partial charge < -0.3 is 10.6 Å². The molecule has 0 aliphatic heterocycles. The van der Waals surface area contributed by atoms with Gasteiger partial charge >= 0.3 is 0 Å². The molecule has 5 nitrogen and oxygen atoms in total. The third-order valence-corrected chi connectivity index (χ3v) is 3.40. The summed E-state index contributed by atoms with van der Waals surface area (Å²) in [6.07, 6.45) is 1.57. The first-order chi connectivity index (χ1) is 10.2. The molecule has 1 heterocycles. The minimum atomic E-state index is -0.274. The van der Waals surface area contributed by atoms with E-state index in [1.54, 1.807) is 12.3 Å². The lowest BCUT2D eigenvalue weighted by Gasteiger charge is -2.20. The summed E-state index contributed by atoms with van der Waals surface area (Å²) < 4.78 is 0.836. The lowest BCUT2D eigenvalue weighted by Crippen LogP contribution is -2.28. The van der Waals surface area contributed by atoms with E-state index in [0.717, 1.165) is 10.0 Å². The fraction of sp³-hybridized carbons (Fsp3) is 0.312. The van der Waals surface area contributed by atoms with E-state index in [1.165, 1.54) is 0 Å². The van der Waals surface area contributed by atoms with Crippen molar-refractivity contribution in [3.8, 4) is 0 Å². The molecule has 0 unspecified atom stereocenters. The maximum atomic E-state index is 12.3. The van der Waals surface area contributed by atoms with Crippen molar-refractivity contribution >= 4 is 33.5 Å². The Bertz CT molecular complexity index is 695. The number of rotatable bonds is 3. The largest absolute Gasteiger partial charge is 0.350 e. The van der Waals surface area contributed by atoms with Gasteiger partial charge in [0.05, 0.1) is 5.69 Å². The van der Waals surface area contributed by atoms with E-state index >= 15 is 0 Å². The van der Waals surface area contributed by atoms with Crippen molar-refractivity contribution in [2.75, 3.05) is 10.6 Å². The summed E-state index contributed by atoms with van der Waals surface area (Å²) in [7, 11) is 0. The molecule has 0 radical (unpaired) electrons. The fourth-order valence-electron chi connectivity index (χ4n) is 1.79. The molecule has 1 aromatic heterocycles. The van der Waals surface area contributed by atoms with Gasteiger partial charge in [0.25, 0.3) is 5.91 Å². The normalized spacial score (nSPS) is 11.1. The van der Waals surface area contributed by atoms with Crippen molar-refractivity contribution in [1.82, 2.24) is 9.97 Å². The average Bonchev–Trinajstić information content (AvgIpc) is 2.40. The maximum absolute atomic E-state index is 12.3. The molecule has 2 rings (SSSR count). The summed E-state index contributed by atoms with van der Waals surface area (Å²) in [5.41, 5.74) is 1.96. The quantitative estimate of drug-likeness (QED) is 0.865. The third kappa shape index (κ3) is 4.53. The maximum Gasteiger partial charge on any atom is 0.274 e. The zero-order chi connectivity index (χ0) is 16.3. The molecule has 0 bridgehead atoms. The number of hydrogen-bond donors (Lipinski definition) is 2. The Morgan fingerprint density at radius 2 is 1.95 bits per heavy atom. The van der Waals surface area contributed by atoms with Crippen LogP contribution in [0.4, 0.5) is 11.6 Å². The highest BCUT2D eigenvalue weighted by Crippen LogP contribution is 2.23. The summed E-state index contributed by atoms with van der Waals surface area (Å²) >= 11 is 3.44. The minimum absolute atomic E-state index is 0.172. The molecule has 0 saturated carbocycles. The Hall–Kier alpha value is -1.95. The summed E-state index contributed by atoms with van der Waals surface area (Å²) in [6.45, 7) is 8.01. The number of anilines is 2. The molecule has 0 aliphatic rings. The number of carbonyl (C=O) groups excluding carboxylic acids is 1. The second kappa shape index (κ2) is 6.44. The number of benzene rings is 1. The summed E-state index contributed by atoms with van der Waals surface area (Å²) in [5, 5.41) is 5.99. The number of carbonyl (C=O) groups is 1. The van der Waals surface area contributed by atoms with Gasteiger partial charge in [0.15, 0.2) is 0 Å². The van der Waals surface area contributed by atoms with Crippen LogP contribution in [0.1, 0.15) is 36.8 Å². The van der Waals surface area contributed by atoms with Crippen molar-refractivity contribution in [1.29, 1.82) is 0 Å². The number of halogens is 1. The number of amides is 1. The molecule has 1 amide bonds. The molecule has 116 valence electrons. The van der Waals surface area contributed by atoms with E-state index in [0.29, 0.717) is 17.3 Å². The highest BCUT2D eigenvalue weighted by molar-refractivity contribution is 9.10. The Balaban J connectivity index is 2.17. The van der Waals surface area contributed by atoms with Crippen molar-refractivity contribution in [3.05, 3.63) is 46.2 Å². The highest BCUT2D eigenvalue weighted by atomic mass is 79.9. The molecular formula is C16H19BrN4O. The second-order valence-electron chi connectivity index (χ2n) is 6.08. The number of nitrogens with zero attached hydrogens (tertiary/aromatic N) is 2. The van der Waals surface area contributed by atoms with Gasteiger partial charge in [-0.25, -0.2) is 9.97 Å². The van der Waals surface area contributed by atoms with Crippen molar-refractivity contribution in [3.63, 3.8) is 0 Å². The Kier molecular flexibility index (Phi) is 4.81. The summed E-state index contributed by atoms with van der Waals surface area (Å²) in [4.78, 5) is 20.7. The first-order valence-electron chi connectivity index (χ1n) is 6.93. The Morgan fingerprint density at radius 1 is 1.23 bits per heavy atom. The highest BCUT2D eigenvalue weighted by Gasteiger charge is 2.14.